The van der Waals surface area contributed by atoms with Crippen LogP contribution in [0.25, 0.3) is 0 Å². The molecule has 1 atom stereocenters. The van der Waals surface area contributed by atoms with Crippen LogP contribution in [0.1, 0.15) is 6.92 Å². The number of nitrogens with zero attached hydrogens (tertiary/aromatic N) is 1. The van der Waals surface area contributed by atoms with E-state index in [1.807, 2.05) is 6.92 Å². The van der Waals surface area contributed by atoms with E-state index < -0.39 is 0 Å². The summed E-state index contributed by atoms with van der Waals surface area (Å²) in [5.41, 5.74) is 7.14. The molecule has 0 fully saturated rings. The summed E-state index contributed by atoms with van der Waals surface area (Å²) in [6.07, 6.45) is 1.26. The molecule has 0 radical (unpaired) electrons. The van der Waals surface area contributed by atoms with Crippen LogP contribution in [0.15, 0.2) is 29.3 Å². The molecule has 0 heterocycles. The van der Waals surface area contributed by atoms with Crippen molar-refractivity contribution in [3.05, 3.63) is 24.3 Å². The lowest BCUT2D eigenvalue weighted by Gasteiger charge is -2.03. The van der Waals surface area contributed by atoms with Gasteiger partial charge in [-0.15, -0.1) is 0 Å². The SMILES string of the molecule is C=C(C)C(=C)/C=N\C(N)NC. The molecule has 3 N–H and O–H groups in total. The summed E-state index contributed by atoms with van der Waals surface area (Å²) in [6.45, 7) is 9.31. The predicted octanol–water partition coefficient (Wildman–Crippen LogP) is 0.651. The van der Waals surface area contributed by atoms with Crippen molar-refractivity contribution in [3.8, 4) is 0 Å². The van der Waals surface area contributed by atoms with Crippen molar-refractivity contribution in [3.63, 3.8) is 0 Å². The molecule has 0 aliphatic heterocycles. The summed E-state index contributed by atoms with van der Waals surface area (Å²) in [4.78, 5) is 3.95. The number of nitrogens with two attached hydrogens (primary N) is 1. The highest BCUT2D eigenvalue weighted by Crippen LogP contribution is 1.98. The molecule has 0 bridgehead atoms. The fourth-order valence-electron chi connectivity index (χ4n) is 0.355. The average Bonchev–Trinajstić information content (AvgIpc) is 1.99. The summed E-state index contributed by atoms with van der Waals surface area (Å²) in [6, 6.07) is 0. The molecule has 0 aromatic carbocycles. The first kappa shape index (κ1) is 10.1. The zero-order valence-electron chi connectivity index (χ0n) is 7.09. The maximum absolute atomic E-state index is 5.44. The van der Waals surface area contributed by atoms with Gasteiger partial charge in [-0.05, 0) is 19.5 Å². The molecule has 3 nitrogen and oxygen atoms in total. The Morgan fingerprint density at radius 3 is 2.55 bits per heavy atom. The molecule has 0 spiro atoms. The van der Waals surface area contributed by atoms with Gasteiger partial charge in [-0.25, -0.2) is 0 Å². The summed E-state index contributed by atoms with van der Waals surface area (Å²) in [7, 11) is 1.74. The van der Waals surface area contributed by atoms with E-state index in [1.54, 1.807) is 13.3 Å². The fourth-order valence-corrected chi connectivity index (χ4v) is 0.355. The predicted molar refractivity (Wildman–Crippen MR) is 49.5 cm³/mol. The van der Waals surface area contributed by atoms with E-state index in [2.05, 4.69) is 23.5 Å². The molecular weight excluding hydrogens is 138 g/mol. The Hall–Kier alpha value is -0.930. The van der Waals surface area contributed by atoms with Crippen LogP contribution in [0.2, 0.25) is 0 Å². The lowest BCUT2D eigenvalue weighted by Crippen LogP contribution is -2.32. The Balaban J connectivity index is 3.93. The zero-order valence-corrected chi connectivity index (χ0v) is 7.09. The molecular formula is C8H15N3. The molecule has 62 valence electrons. The third kappa shape index (κ3) is 4.47. The molecule has 0 aromatic rings. The molecule has 0 aliphatic carbocycles. The van der Waals surface area contributed by atoms with Gasteiger partial charge in [0.05, 0.1) is 0 Å². The average molecular weight is 153 g/mol. The van der Waals surface area contributed by atoms with Crippen molar-refractivity contribution < 1.29 is 0 Å². The van der Waals surface area contributed by atoms with Gasteiger partial charge in [0, 0.05) is 6.21 Å². The van der Waals surface area contributed by atoms with Gasteiger partial charge in [0.1, 0.15) is 0 Å². The highest BCUT2D eigenvalue weighted by Gasteiger charge is 1.91. The maximum Gasteiger partial charge on any atom is 0.150 e. The summed E-state index contributed by atoms with van der Waals surface area (Å²) in [5.74, 6) is 0. The summed E-state index contributed by atoms with van der Waals surface area (Å²) < 4.78 is 0. The van der Waals surface area contributed by atoms with Crippen molar-refractivity contribution in [2.75, 3.05) is 7.05 Å². The van der Waals surface area contributed by atoms with Gasteiger partial charge in [-0.3, -0.25) is 16.0 Å². The minimum Gasteiger partial charge on any atom is -0.297 e. The summed E-state index contributed by atoms with van der Waals surface area (Å²) in [5, 5.41) is 2.77. The van der Waals surface area contributed by atoms with Crippen LogP contribution in [0.3, 0.4) is 0 Å². The highest BCUT2D eigenvalue weighted by molar-refractivity contribution is 5.83. The Labute approximate surface area is 67.7 Å². The normalized spacial score (nSPS) is 13.4. The minimum absolute atomic E-state index is 0.355. The number of nitrogens with one attached hydrogen (secondary N) is 1. The largest absolute Gasteiger partial charge is 0.297 e. The molecule has 1 unspecified atom stereocenters. The van der Waals surface area contributed by atoms with Gasteiger partial charge >= 0.3 is 0 Å². The van der Waals surface area contributed by atoms with Gasteiger partial charge in [0.2, 0.25) is 0 Å². The Kier molecular flexibility index (Phi) is 4.41. The zero-order chi connectivity index (χ0) is 8.85. The van der Waals surface area contributed by atoms with Crippen molar-refractivity contribution in [2.45, 2.75) is 13.2 Å². The topological polar surface area (TPSA) is 50.4 Å². The Morgan fingerprint density at radius 1 is 1.64 bits per heavy atom. The van der Waals surface area contributed by atoms with Gasteiger partial charge < -0.3 is 0 Å². The first-order valence-corrected chi connectivity index (χ1v) is 3.38. The molecule has 3 heteroatoms. The van der Waals surface area contributed by atoms with E-state index in [0.717, 1.165) is 11.1 Å². The molecule has 0 saturated carbocycles. The van der Waals surface area contributed by atoms with E-state index in [9.17, 15) is 0 Å². The monoisotopic (exact) mass is 153 g/mol. The first-order chi connectivity index (χ1) is 5.07. The molecule has 0 aromatic heterocycles. The minimum atomic E-state index is -0.355. The van der Waals surface area contributed by atoms with E-state index in [-0.39, 0.29) is 6.29 Å². The van der Waals surface area contributed by atoms with Crippen LogP contribution in [0, 0.1) is 0 Å². The van der Waals surface area contributed by atoms with Crippen LogP contribution in [0.5, 0.6) is 0 Å². The van der Waals surface area contributed by atoms with E-state index >= 15 is 0 Å². The number of hydrogen-bond acceptors (Lipinski definition) is 3. The number of aliphatic imine (C=N–C) groups is 1. The van der Waals surface area contributed by atoms with Crippen LogP contribution < -0.4 is 11.1 Å². The van der Waals surface area contributed by atoms with Crippen molar-refractivity contribution in [2.24, 2.45) is 10.7 Å². The van der Waals surface area contributed by atoms with Gasteiger partial charge in [-0.1, -0.05) is 18.7 Å². The third-order valence-corrected chi connectivity index (χ3v) is 1.23. The van der Waals surface area contributed by atoms with Crippen molar-refractivity contribution in [1.82, 2.24) is 5.32 Å². The van der Waals surface area contributed by atoms with E-state index in [4.69, 9.17) is 5.73 Å². The van der Waals surface area contributed by atoms with Crippen molar-refractivity contribution >= 4 is 6.21 Å². The van der Waals surface area contributed by atoms with Crippen molar-refractivity contribution in [1.29, 1.82) is 0 Å². The molecule has 0 rings (SSSR count). The van der Waals surface area contributed by atoms with E-state index in [1.165, 1.54) is 0 Å². The second-order valence-corrected chi connectivity index (χ2v) is 2.32. The molecule has 0 aliphatic rings. The van der Waals surface area contributed by atoms with Crippen LogP contribution >= 0.6 is 0 Å². The number of hydrogen-bond donors (Lipinski definition) is 2. The summed E-state index contributed by atoms with van der Waals surface area (Å²) >= 11 is 0. The standard InChI is InChI=1S/C8H15N3/c1-6(2)7(3)5-11-8(9)10-4/h5,8,10H,1,3,9H2,2,4H3/b11-5-. The lowest BCUT2D eigenvalue weighted by molar-refractivity contribution is 0.616. The second kappa shape index (κ2) is 4.82. The third-order valence-electron chi connectivity index (χ3n) is 1.23. The van der Waals surface area contributed by atoms with Gasteiger partial charge in [-0.2, -0.15) is 0 Å². The smallest absolute Gasteiger partial charge is 0.150 e. The Bertz CT molecular complexity index is 182. The fraction of sp³-hybridized carbons (Fsp3) is 0.375. The maximum atomic E-state index is 5.44. The highest BCUT2D eigenvalue weighted by atomic mass is 15.2. The first-order valence-electron chi connectivity index (χ1n) is 3.38. The van der Waals surface area contributed by atoms with Crippen LogP contribution in [-0.2, 0) is 0 Å². The van der Waals surface area contributed by atoms with Gasteiger partial charge in [0.15, 0.2) is 6.29 Å². The number of allylic oxidation sites excluding steroid dienone is 2. The molecule has 0 saturated heterocycles. The van der Waals surface area contributed by atoms with Gasteiger partial charge in [0.25, 0.3) is 0 Å². The lowest BCUT2D eigenvalue weighted by atomic mass is 10.2. The molecule has 11 heavy (non-hydrogen) atoms. The Morgan fingerprint density at radius 2 is 2.18 bits per heavy atom. The molecule has 0 amide bonds. The quantitative estimate of drug-likeness (QED) is 0.354. The second-order valence-electron chi connectivity index (χ2n) is 2.32. The van der Waals surface area contributed by atoms with Crippen LogP contribution in [-0.4, -0.2) is 19.6 Å². The number of rotatable bonds is 4. The van der Waals surface area contributed by atoms with E-state index in [0.29, 0.717) is 0 Å². The van der Waals surface area contributed by atoms with Crippen LogP contribution in [0.4, 0.5) is 0 Å².